The number of rotatable bonds is 3. The number of benzene rings is 1. The van der Waals surface area contributed by atoms with Crippen LogP contribution in [0, 0.1) is 19.7 Å². The fourth-order valence-electron chi connectivity index (χ4n) is 1.97. The summed E-state index contributed by atoms with van der Waals surface area (Å²) in [5.74, 6) is -1.98. The van der Waals surface area contributed by atoms with Crippen molar-refractivity contribution in [3.05, 3.63) is 47.0 Å². The molecule has 2 aromatic rings. The van der Waals surface area contributed by atoms with Crippen LogP contribution in [-0.4, -0.2) is 21.5 Å². The summed E-state index contributed by atoms with van der Waals surface area (Å²) >= 11 is 0. The van der Waals surface area contributed by atoms with Crippen LogP contribution in [0.25, 0.3) is 0 Å². The zero-order valence-electron chi connectivity index (χ0n) is 11.4. The van der Waals surface area contributed by atoms with Gasteiger partial charge in [0.15, 0.2) is 0 Å². The monoisotopic (exact) mass is 275 g/mol. The van der Waals surface area contributed by atoms with Gasteiger partial charge in [-0.2, -0.15) is 5.10 Å². The van der Waals surface area contributed by atoms with Crippen LogP contribution in [0.4, 0.5) is 10.1 Å². The molecular formula is C14H14FN3O2. The molecule has 0 saturated carbocycles. The highest BCUT2D eigenvalue weighted by atomic mass is 19.1. The number of carbonyl (C=O) groups excluding carboxylic acids is 2. The van der Waals surface area contributed by atoms with E-state index in [9.17, 15) is 14.0 Å². The van der Waals surface area contributed by atoms with Crippen LogP contribution in [-0.2, 0) is 11.8 Å². The van der Waals surface area contributed by atoms with Crippen LogP contribution in [0.5, 0.6) is 0 Å². The van der Waals surface area contributed by atoms with E-state index in [0.29, 0.717) is 11.4 Å². The number of carbonyl (C=O) groups is 2. The van der Waals surface area contributed by atoms with Gasteiger partial charge in [-0.3, -0.25) is 14.3 Å². The Bertz CT molecular complexity index is 692. The molecule has 0 spiro atoms. The number of amides is 1. The Hall–Kier alpha value is -2.50. The summed E-state index contributed by atoms with van der Waals surface area (Å²) in [5, 5.41) is 6.47. The first-order chi connectivity index (χ1) is 9.40. The van der Waals surface area contributed by atoms with Gasteiger partial charge in [0, 0.05) is 18.4 Å². The van der Waals surface area contributed by atoms with Crippen LogP contribution in [0.1, 0.15) is 21.7 Å². The molecule has 0 saturated heterocycles. The molecule has 0 aliphatic carbocycles. The summed E-state index contributed by atoms with van der Waals surface area (Å²) < 4.78 is 14.6. The minimum atomic E-state index is -0.810. The minimum absolute atomic E-state index is 0.238. The van der Waals surface area contributed by atoms with Crippen molar-refractivity contribution in [2.24, 2.45) is 7.05 Å². The van der Waals surface area contributed by atoms with Crippen LogP contribution in [0.3, 0.4) is 0 Å². The van der Waals surface area contributed by atoms with E-state index >= 15 is 0 Å². The van der Waals surface area contributed by atoms with Gasteiger partial charge < -0.3 is 5.32 Å². The fourth-order valence-corrected chi connectivity index (χ4v) is 1.97. The number of hydrogen-bond donors (Lipinski definition) is 1. The van der Waals surface area contributed by atoms with Crippen molar-refractivity contribution in [2.75, 3.05) is 5.32 Å². The molecule has 20 heavy (non-hydrogen) atoms. The molecule has 0 fully saturated rings. The van der Waals surface area contributed by atoms with E-state index in [1.54, 1.807) is 20.9 Å². The highest BCUT2D eigenvalue weighted by Crippen LogP contribution is 2.15. The zero-order chi connectivity index (χ0) is 14.9. The highest BCUT2D eigenvalue weighted by molar-refractivity contribution is 6.47. The SMILES string of the molecule is Cc1nn(C)c(C)c1C(=O)C(=O)Nc1cccc(F)c1. The summed E-state index contributed by atoms with van der Waals surface area (Å²) in [6, 6.07) is 5.37. The molecule has 0 aliphatic rings. The third kappa shape index (κ3) is 2.59. The molecule has 2 rings (SSSR count). The van der Waals surface area contributed by atoms with Gasteiger partial charge >= 0.3 is 0 Å². The van der Waals surface area contributed by atoms with Crippen molar-refractivity contribution in [1.29, 1.82) is 0 Å². The first-order valence-electron chi connectivity index (χ1n) is 6.01. The Kier molecular flexibility index (Phi) is 3.65. The van der Waals surface area contributed by atoms with E-state index in [1.807, 2.05) is 0 Å². The summed E-state index contributed by atoms with van der Waals surface area (Å²) in [6.07, 6.45) is 0. The molecule has 5 nitrogen and oxygen atoms in total. The average Bonchev–Trinajstić information content (AvgIpc) is 2.62. The first-order valence-corrected chi connectivity index (χ1v) is 6.01. The number of halogens is 1. The number of ketones is 1. The predicted molar refractivity (Wildman–Crippen MR) is 72.0 cm³/mol. The van der Waals surface area contributed by atoms with Crippen LogP contribution >= 0.6 is 0 Å². The van der Waals surface area contributed by atoms with Crippen molar-refractivity contribution >= 4 is 17.4 Å². The molecule has 1 N–H and O–H groups in total. The van der Waals surface area contributed by atoms with Crippen molar-refractivity contribution in [1.82, 2.24) is 9.78 Å². The summed E-state index contributed by atoms with van der Waals surface area (Å²) in [5.41, 5.74) is 1.62. The molecule has 6 heteroatoms. The van der Waals surface area contributed by atoms with E-state index in [0.717, 1.165) is 6.07 Å². The van der Waals surface area contributed by atoms with Crippen molar-refractivity contribution in [3.8, 4) is 0 Å². The van der Waals surface area contributed by atoms with Gasteiger partial charge in [-0.1, -0.05) is 6.07 Å². The number of aryl methyl sites for hydroxylation is 2. The second-order valence-corrected chi connectivity index (χ2v) is 4.46. The number of Topliss-reactive ketones (excluding diaryl/α,β-unsaturated/α-hetero) is 1. The Morgan fingerprint density at radius 3 is 2.55 bits per heavy atom. The second kappa shape index (κ2) is 5.24. The molecule has 104 valence electrons. The summed E-state index contributed by atoms with van der Waals surface area (Å²) in [7, 11) is 1.70. The lowest BCUT2D eigenvalue weighted by atomic mass is 10.1. The van der Waals surface area contributed by atoms with Crippen molar-refractivity contribution in [2.45, 2.75) is 13.8 Å². The summed E-state index contributed by atoms with van der Waals surface area (Å²) in [4.78, 5) is 24.0. The Morgan fingerprint density at radius 2 is 2.00 bits per heavy atom. The molecule has 0 radical (unpaired) electrons. The Morgan fingerprint density at radius 1 is 1.30 bits per heavy atom. The third-order valence-corrected chi connectivity index (χ3v) is 3.02. The molecule has 1 aromatic heterocycles. The number of nitrogens with one attached hydrogen (secondary N) is 1. The van der Waals surface area contributed by atoms with Gasteiger partial charge in [0.05, 0.1) is 11.3 Å². The maximum absolute atomic E-state index is 13.0. The Labute approximate surface area is 115 Å². The molecule has 0 aliphatic heterocycles. The molecule has 0 atom stereocenters. The van der Waals surface area contributed by atoms with Crippen LogP contribution in [0.2, 0.25) is 0 Å². The molecule has 0 bridgehead atoms. The van der Waals surface area contributed by atoms with E-state index in [4.69, 9.17) is 0 Å². The second-order valence-electron chi connectivity index (χ2n) is 4.46. The predicted octanol–water partition coefficient (Wildman–Crippen LogP) is 2.00. The maximum Gasteiger partial charge on any atom is 0.296 e. The maximum atomic E-state index is 13.0. The standard InChI is InChI=1S/C14H14FN3O2/c1-8-12(9(2)18(3)17-8)13(19)14(20)16-11-6-4-5-10(15)7-11/h4-7H,1-3H3,(H,16,20). The van der Waals surface area contributed by atoms with Gasteiger partial charge in [-0.15, -0.1) is 0 Å². The lowest BCUT2D eigenvalue weighted by molar-refractivity contribution is -0.112. The van der Waals surface area contributed by atoms with E-state index in [-0.39, 0.29) is 11.3 Å². The van der Waals surface area contributed by atoms with Gasteiger partial charge in [0.1, 0.15) is 5.82 Å². The largest absolute Gasteiger partial charge is 0.319 e. The first kappa shape index (κ1) is 13.9. The Balaban J connectivity index is 2.23. The molecule has 0 unspecified atom stereocenters. The average molecular weight is 275 g/mol. The van der Waals surface area contributed by atoms with Gasteiger partial charge in [0.25, 0.3) is 11.7 Å². The van der Waals surface area contributed by atoms with Gasteiger partial charge in [-0.05, 0) is 32.0 Å². The number of nitrogens with zero attached hydrogens (tertiary/aromatic N) is 2. The van der Waals surface area contributed by atoms with E-state index in [2.05, 4.69) is 10.4 Å². The zero-order valence-corrected chi connectivity index (χ0v) is 11.4. The van der Waals surface area contributed by atoms with Gasteiger partial charge in [-0.25, -0.2) is 4.39 Å². The highest BCUT2D eigenvalue weighted by Gasteiger charge is 2.23. The van der Waals surface area contributed by atoms with Crippen molar-refractivity contribution < 1.29 is 14.0 Å². The smallest absolute Gasteiger partial charge is 0.296 e. The fraction of sp³-hybridized carbons (Fsp3) is 0.214. The summed E-state index contributed by atoms with van der Waals surface area (Å²) in [6.45, 7) is 3.37. The molecule has 1 amide bonds. The van der Waals surface area contributed by atoms with Gasteiger partial charge in [0.2, 0.25) is 0 Å². The van der Waals surface area contributed by atoms with E-state index in [1.165, 1.54) is 22.9 Å². The lowest BCUT2D eigenvalue weighted by Crippen LogP contribution is -2.24. The quantitative estimate of drug-likeness (QED) is 0.688. The third-order valence-electron chi connectivity index (χ3n) is 3.02. The van der Waals surface area contributed by atoms with Crippen molar-refractivity contribution in [3.63, 3.8) is 0 Å². The number of aromatic nitrogens is 2. The normalized spacial score (nSPS) is 10.4. The number of hydrogen-bond acceptors (Lipinski definition) is 3. The van der Waals surface area contributed by atoms with Crippen LogP contribution < -0.4 is 5.32 Å². The lowest BCUT2D eigenvalue weighted by Gasteiger charge is -2.05. The molecule has 1 heterocycles. The van der Waals surface area contributed by atoms with Crippen LogP contribution in [0.15, 0.2) is 24.3 Å². The molecular weight excluding hydrogens is 261 g/mol. The number of anilines is 1. The topological polar surface area (TPSA) is 64.0 Å². The molecule has 1 aromatic carbocycles. The minimum Gasteiger partial charge on any atom is -0.319 e. The van der Waals surface area contributed by atoms with E-state index < -0.39 is 17.5 Å².